The molecule has 0 radical (unpaired) electrons. The lowest BCUT2D eigenvalue weighted by molar-refractivity contribution is 1.31. The quantitative estimate of drug-likeness (QED) is 0.661. The third kappa shape index (κ3) is 2.68. The van der Waals surface area contributed by atoms with Crippen molar-refractivity contribution < 1.29 is 0 Å². The summed E-state index contributed by atoms with van der Waals surface area (Å²) >= 11 is 3.61. The molecule has 0 bridgehead atoms. The molecule has 0 aliphatic carbocycles. The highest BCUT2D eigenvalue weighted by molar-refractivity contribution is 8.52. The van der Waals surface area contributed by atoms with E-state index >= 15 is 0 Å². The molecule has 0 N–H and O–H groups in total. The van der Waals surface area contributed by atoms with Crippen molar-refractivity contribution in [2.45, 2.75) is 4.34 Å². The first kappa shape index (κ1) is 11.2. The largest absolute Gasteiger partial charge is 0.229 e. The van der Waals surface area contributed by atoms with Gasteiger partial charge in [0.25, 0.3) is 0 Å². The van der Waals surface area contributed by atoms with Gasteiger partial charge in [-0.2, -0.15) is 0 Å². The number of aromatic nitrogens is 1. The van der Waals surface area contributed by atoms with Crippen molar-refractivity contribution in [2.24, 2.45) is 0 Å². The topological polar surface area (TPSA) is 12.9 Å². The molecule has 4 heteroatoms. The first-order valence-corrected chi connectivity index (χ1v) is 8.61. The molecule has 1 aromatic heterocycles. The normalized spacial score (nSPS) is 11.5. The number of nitrogens with zero attached hydrogens (tertiary/aromatic N) is 1. The van der Waals surface area contributed by atoms with Crippen LogP contribution in [0.4, 0.5) is 0 Å². The highest BCUT2D eigenvalue weighted by Gasteiger charge is 2.03. The van der Waals surface area contributed by atoms with Gasteiger partial charge in [-0.1, -0.05) is 53.8 Å². The maximum absolute atomic E-state index is 4.62. The van der Waals surface area contributed by atoms with E-state index in [-0.39, 0.29) is 0 Å². The maximum Gasteiger partial charge on any atom is 0.155 e. The van der Waals surface area contributed by atoms with Gasteiger partial charge in [-0.05, 0) is 25.2 Å². The number of rotatable bonds is 3. The summed E-state index contributed by atoms with van der Waals surface area (Å²) in [5.41, 5.74) is 1.11. The Morgan fingerprint density at radius 3 is 2.53 bits per heavy atom. The van der Waals surface area contributed by atoms with E-state index in [1.165, 1.54) is 10.0 Å². The first-order valence-electron chi connectivity index (χ1n) is 5.25. The van der Waals surface area contributed by atoms with E-state index in [0.29, 0.717) is 0 Å². The van der Waals surface area contributed by atoms with E-state index in [1.54, 1.807) is 11.3 Å². The second-order valence-electron chi connectivity index (χ2n) is 3.52. The van der Waals surface area contributed by atoms with Gasteiger partial charge < -0.3 is 0 Å². The Kier molecular flexibility index (Phi) is 3.41. The second kappa shape index (κ2) is 5.18. The average Bonchev–Trinajstić information content (AvgIpc) is 2.80. The molecule has 1 nitrogen and oxygen atoms in total. The molecule has 0 saturated heterocycles. The molecule has 84 valence electrons. The van der Waals surface area contributed by atoms with Gasteiger partial charge in [0.2, 0.25) is 0 Å². The molecule has 0 aliphatic rings. The predicted molar refractivity (Wildman–Crippen MR) is 79.9 cm³/mol. The predicted octanol–water partition coefficient (Wildman–Crippen LogP) is 4.31. The van der Waals surface area contributed by atoms with E-state index in [9.17, 15) is 0 Å². The van der Waals surface area contributed by atoms with Crippen molar-refractivity contribution in [3.8, 4) is 0 Å². The van der Waals surface area contributed by atoms with Crippen molar-refractivity contribution >= 4 is 46.0 Å². The molecular weight excluding hydrogens is 265 g/mol. The maximum atomic E-state index is 4.62. The van der Waals surface area contributed by atoms with Gasteiger partial charge in [-0.3, -0.25) is 0 Å². The summed E-state index contributed by atoms with van der Waals surface area (Å²) < 4.78 is 2.43. The number of thiazole rings is 1. The van der Waals surface area contributed by atoms with Gasteiger partial charge in [-0.25, -0.2) is 4.98 Å². The first-order chi connectivity index (χ1) is 8.42. The number of hydrogen-bond acceptors (Lipinski definition) is 3. The zero-order valence-electron chi connectivity index (χ0n) is 8.96. The summed E-state index contributed by atoms with van der Waals surface area (Å²) in [5.74, 6) is 0. The van der Waals surface area contributed by atoms with Gasteiger partial charge in [-0.15, -0.1) is 11.3 Å². The summed E-state index contributed by atoms with van der Waals surface area (Å²) in [6.07, 6.45) is 0. The molecule has 0 aliphatic heterocycles. The van der Waals surface area contributed by atoms with E-state index in [0.717, 1.165) is 17.6 Å². The third-order valence-corrected chi connectivity index (χ3v) is 6.61. The molecule has 1 unspecified atom stereocenters. The fraction of sp³-hybridized carbons (Fsp3) is 0. The van der Waals surface area contributed by atoms with E-state index in [4.69, 9.17) is 0 Å². The average molecular weight is 275 g/mol. The van der Waals surface area contributed by atoms with Crippen LogP contribution < -0.4 is 5.30 Å². The molecular formula is C13H10NPS2. The van der Waals surface area contributed by atoms with Gasteiger partial charge in [0.05, 0.1) is 10.2 Å². The second-order valence-corrected chi connectivity index (χ2v) is 7.40. The highest BCUT2D eigenvalue weighted by Crippen LogP contribution is 2.40. The molecule has 17 heavy (non-hydrogen) atoms. The van der Waals surface area contributed by atoms with Crippen LogP contribution in [-0.2, 0) is 0 Å². The van der Waals surface area contributed by atoms with Crippen LogP contribution in [0.2, 0.25) is 0 Å². The van der Waals surface area contributed by atoms with Gasteiger partial charge in [0, 0.05) is 0 Å². The Balaban J connectivity index is 1.77. The summed E-state index contributed by atoms with van der Waals surface area (Å²) in [4.78, 5) is 4.62. The van der Waals surface area contributed by atoms with Crippen LogP contribution in [-0.4, -0.2) is 4.98 Å². The summed E-state index contributed by atoms with van der Waals surface area (Å²) in [6, 6.07) is 18.9. The standard InChI is InChI=1S/C13H10NPS2/c1-2-6-10(7-3-1)15-17-13-14-11-8-4-5-9-12(11)16-13/h1-9,15H. The van der Waals surface area contributed by atoms with E-state index in [1.807, 2.05) is 17.4 Å². The molecule has 0 saturated carbocycles. The van der Waals surface area contributed by atoms with Crippen molar-refractivity contribution in [3.05, 3.63) is 54.6 Å². The fourth-order valence-corrected chi connectivity index (χ4v) is 5.22. The molecule has 1 atom stereocenters. The molecule has 2 aromatic carbocycles. The Labute approximate surface area is 110 Å². The van der Waals surface area contributed by atoms with Crippen LogP contribution in [0.3, 0.4) is 0 Å². The minimum Gasteiger partial charge on any atom is -0.229 e. The zero-order chi connectivity index (χ0) is 11.5. The van der Waals surface area contributed by atoms with Crippen molar-refractivity contribution in [3.63, 3.8) is 0 Å². The Morgan fingerprint density at radius 1 is 0.941 bits per heavy atom. The number of hydrogen-bond donors (Lipinski definition) is 0. The minimum atomic E-state index is 0.731. The zero-order valence-corrected chi connectivity index (χ0v) is 11.6. The molecule has 3 rings (SSSR count). The third-order valence-electron chi connectivity index (χ3n) is 2.30. The lowest BCUT2D eigenvalue weighted by atomic mass is 10.3. The van der Waals surface area contributed by atoms with Crippen LogP contribution in [0.15, 0.2) is 58.9 Å². The number of benzene rings is 2. The van der Waals surface area contributed by atoms with E-state index in [2.05, 4.69) is 53.5 Å². The molecule has 0 spiro atoms. The lowest BCUT2D eigenvalue weighted by Gasteiger charge is -1.97. The van der Waals surface area contributed by atoms with Crippen LogP contribution in [0.1, 0.15) is 0 Å². The Morgan fingerprint density at radius 2 is 1.71 bits per heavy atom. The minimum absolute atomic E-state index is 0.731. The summed E-state index contributed by atoms with van der Waals surface area (Å²) in [7, 11) is 0.731. The fourth-order valence-electron chi connectivity index (χ4n) is 1.50. The summed E-state index contributed by atoms with van der Waals surface area (Å²) in [5, 5.41) is 1.37. The SMILES string of the molecule is c1ccc(PSc2nc3ccccc3s2)cc1. The smallest absolute Gasteiger partial charge is 0.155 e. The van der Waals surface area contributed by atoms with Crippen molar-refractivity contribution in [1.29, 1.82) is 0 Å². The van der Waals surface area contributed by atoms with Gasteiger partial charge >= 0.3 is 0 Å². The molecule has 0 amide bonds. The van der Waals surface area contributed by atoms with Crippen LogP contribution in [0.5, 0.6) is 0 Å². The van der Waals surface area contributed by atoms with Gasteiger partial charge in [0.15, 0.2) is 4.34 Å². The molecule has 3 aromatic rings. The summed E-state index contributed by atoms with van der Waals surface area (Å²) in [6.45, 7) is 0. The van der Waals surface area contributed by atoms with Gasteiger partial charge in [0.1, 0.15) is 0 Å². The Bertz CT molecular complexity index is 588. The number of fused-ring (bicyclic) bond motifs is 1. The lowest BCUT2D eigenvalue weighted by Crippen LogP contribution is -1.87. The van der Waals surface area contributed by atoms with Crippen LogP contribution in [0, 0.1) is 0 Å². The monoisotopic (exact) mass is 275 g/mol. The van der Waals surface area contributed by atoms with Crippen LogP contribution in [0.25, 0.3) is 10.2 Å². The number of para-hydroxylation sites is 1. The van der Waals surface area contributed by atoms with Crippen molar-refractivity contribution in [2.75, 3.05) is 0 Å². The van der Waals surface area contributed by atoms with Crippen LogP contribution >= 0.6 is 30.5 Å². The van der Waals surface area contributed by atoms with Crippen molar-refractivity contribution in [1.82, 2.24) is 4.98 Å². The Hall–Kier alpha value is -0.890. The highest BCUT2D eigenvalue weighted by atomic mass is 32.7. The molecule has 1 heterocycles. The molecule has 0 fully saturated rings. The van der Waals surface area contributed by atoms with E-state index < -0.39 is 0 Å².